The lowest BCUT2D eigenvalue weighted by molar-refractivity contribution is 0.477. The Labute approximate surface area is 159 Å². The summed E-state index contributed by atoms with van der Waals surface area (Å²) in [6.45, 7) is 0. The maximum absolute atomic E-state index is 12.3. The fourth-order valence-electron chi connectivity index (χ4n) is 2.28. The number of thiophene rings is 1. The van der Waals surface area contributed by atoms with Crippen LogP contribution in [-0.2, 0) is 0 Å². The van der Waals surface area contributed by atoms with Gasteiger partial charge in [0, 0.05) is 21.2 Å². The topological polar surface area (TPSA) is 76.9 Å². The summed E-state index contributed by atoms with van der Waals surface area (Å²) < 4.78 is 1.57. The van der Waals surface area contributed by atoms with E-state index in [0.717, 1.165) is 15.8 Å². The second-order valence-electron chi connectivity index (χ2n) is 4.81. The van der Waals surface area contributed by atoms with Crippen molar-refractivity contribution in [3.63, 3.8) is 0 Å². The van der Waals surface area contributed by atoms with Crippen molar-refractivity contribution in [2.24, 2.45) is 0 Å². The zero-order valence-electron chi connectivity index (χ0n) is 11.7. The van der Waals surface area contributed by atoms with Gasteiger partial charge in [0.1, 0.15) is 21.7 Å². The van der Waals surface area contributed by atoms with Gasteiger partial charge in [-0.25, -0.2) is 0 Å². The molecule has 0 saturated heterocycles. The molecule has 0 radical (unpaired) electrons. The summed E-state index contributed by atoms with van der Waals surface area (Å²) in [5, 5.41) is 19.4. The number of nitriles is 1. The molecule has 8 heteroatoms. The molecule has 1 aromatic carbocycles. The van der Waals surface area contributed by atoms with Crippen LogP contribution in [0.1, 0.15) is 5.56 Å². The quantitative estimate of drug-likeness (QED) is 0.557. The van der Waals surface area contributed by atoms with Crippen LogP contribution in [0.4, 0.5) is 0 Å². The van der Waals surface area contributed by atoms with Crippen molar-refractivity contribution in [3.05, 3.63) is 59.4 Å². The van der Waals surface area contributed by atoms with Crippen molar-refractivity contribution in [1.29, 1.82) is 5.26 Å². The second kappa shape index (κ2) is 6.61. The summed E-state index contributed by atoms with van der Waals surface area (Å²) in [4.78, 5) is 14.9. The molecule has 120 valence electrons. The average molecular weight is 442 g/mol. The number of aromatic amines is 1. The molecule has 0 aliphatic rings. The maximum Gasteiger partial charge on any atom is 0.266 e. The number of phenolic OH excluding ortho intramolecular Hbond substituents is 1. The van der Waals surface area contributed by atoms with Crippen LogP contribution < -0.4 is 5.56 Å². The van der Waals surface area contributed by atoms with Gasteiger partial charge in [0.15, 0.2) is 0 Å². The standard InChI is InChI=1S/C16H7BrCl2N2O2S/c17-7-1-2-13(22)10(3-7)12-4-8(11(6-20)16(23)21-12)9-5-14(18)24-15(9)19/h1-5,22H,(H,21,23). The third kappa shape index (κ3) is 3.08. The zero-order valence-corrected chi connectivity index (χ0v) is 15.6. The second-order valence-corrected chi connectivity index (χ2v) is 8.01. The number of phenols is 1. The van der Waals surface area contributed by atoms with Crippen LogP contribution in [0.3, 0.4) is 0 Å². The number of hydrogen-bond donors (Lipinski definition) is 2. The van der Waals surface area contributed by atoms with Gasteiger partial charge in [-0.15, -0.1) is 11.3 Å². The first-order valence-electron chi connectivity index (χ1n) is 6.52. The molecule has 0 unspecified atom stereocenters. The van der Waals surface area contributed by atoms with Gasteiger partial charge < -0.3 is 10.1 Å². The van der Waals surface area contributed by atoms with Crippen molar-refractivity contribution in [2.75, 3.05) is 0 Å². The van der Waals surface area contributed by atoms with E-state index in [9.17, 15) is 15.2 Å². The Balaban J connectivity index is 2.33. The van der Waals surface area contributed by atoms with E-state index in [1.165, 1.54) is 6.07 Å². The lowest BCUT2D eigenvalue weighted by Crippen LogP contribution is -2.12. The number of benzene rings is 1. The highest BCUT2D eigenvalue weighted by atomic mass is 79.9. The molecule has 3 aromatic rings. The number of aromatic nitrogens is 1. The SMILES string of the molecule is N#Cc1c(-c2cc(Cl)sc2Cl)cc(-c2cc(Br)ccc2O)[nH]c1=O. The molecule has 0 aliphatic carbocycles. The molecule has 2 heterocycles. The molecule has 0 atom stereocenters. The van der Waals surface area contributed by atoms with E-state index < -0.39 is 5.56 Å². The molecular weight excluding hydrogens is 435 g/mol. The van der Waals surface area contributed by atoms with Crippen LogP contribution in [0.5, 0.6) is 5.75 Å². The van der Waals surface area contributed by atoms with Gasteiger partial charge in [0.05, 0.1) is 10.0 Å². The summed E-state index contributed by atoms with van der Waals surface area (Å²) in [5.74, 6) is -0.000967. The summed E-state index contributed by atoms with van der Waals surface area (Å²) in [7, 11) is 0. The minimum Gasteiger partial charge on any atom is -0.507 e. The monoisotopic (exact) mass is 440 g/mol. The van der Waals surface area contributed by atoms with Gasteiger partial charge in [0.2, 0.25) is 0 Å². The van der Waals surface area contributed by atoms with Gasteiger partial charge in [-0.1, -0.05) is 39.1 Å². The molecule has 0 saturated carbocycles. The van der Waals surface area contributed by atoms with Gasteiger partial charge >= 0.3 is 0 Å². The van der Waals surface area contributed by atoms with Crippen molar-refractivity contribution >= 4 is 50.5 Å². The van der Waals surface area contributed by atoms with E-state index in [0.29, 0.717) is 31.1 Å². The zero-order chi connectivity index (χ0) is 17.4. The first-order chi connectivity index (χ1) is 11.4. The smallest absolute Gasteiger partial charge is 0.266 e. The fraction of sp³-hybridized carbons (Fsp3) is 0. The van der Waals surface area contributed by atoms with Crippen LogP contribution in [0.2, 0.25) is 8.67 Å². The molecule has 2 aromatic heterocycles. The summed E-state index contributed by atoms with van der Waals surface area (Å²) >= 11 is 16.6. The number of nitrogens with zero attached hydrogens (tertiary/aromatic N) is 1. The van der Waals surface area contributed by atoms with Crippen molar-refractivity contribution in [3.8, 4) is 34.2 Å². The third-order valence-corrected chi connectivity index (χ3v) is 5.32. The van der Waals surface area contributed by atoms with Crippen LogP contribution in [0, 0.1) is 11.3 Å². The van der Waals surface area contributed by atoms with Crippen LogP contribution in [0.15, 0.2) is 39.6 Å². The molecule has 0 amide bonds. The summed E-state index contributed by atoms with van der Waals surface area (Å²) in [6, 6.07) is 9.95. The summed E-state index contributed by atoms with van der Waals surface area (Å²) in [5.41, 5.74) is 1.03. The molecule has 0 spiro atoms. The van der Waals surface area contributed by atoms with Crippen molar-refractivity contribution in [1.82, 2.24) is 4.98 Å². The highest BCUT2D eigenvalue weighted by Gasteiger charge is 2.18. The number of aromatic hydroxyl groups is 1. The van der Waals surface area contributed by atoms with Gasteiger partial charge in [0.25, 0.3) is 5.56 Å². The molecule has 0 fully saturated rings. The van der Waals surface area contributed by atoms with Crippen LogP contribution >= 0.6 is 50.5 Å². The number of halogens is 3. The number of H-pyrrole nitrogens is 1. The van der Waals surface area contributed by atoms with Crippen molar-refractivity contribution in [2.45, 2.75) is 0 Å². The number of pyridine rings is 1. The van der Waals surface area contributed by atoms with E-state index in [1.807, 2.05) is 6.07 Å². The minimum atomic E-state index is -0.567. The maximum atomic E-state index is 12.3. The largest absolute Gasteiger partial charge is 0.507 e. The first-order valence-corrected chi connectivity index (χ1v) is 8.88. The van der Waals surface area contributed by atoms with Crippen LogP contribution in [-0.4, -0.2) is 10.1 Å². The predicted octanol–water partition coefficient (Wildman–Crippen LogP) is 5.42. The van der Waals surface area contributed by atoms with Gasteiger partial charge in [-0.2, -0.15) is 5.26 Å². The van der Waals surface area contributed by atoms with E-state index in [2.05, 4.69) is 20.9 Å². The van der Waals surface area contributed by atoms with Crippen molar-refractivity contribution < 1.29 is 5.11 Å². The lowest BCUT2D eigenvalue weighted by atomic mass is 10.0. The molecule has 2 N–H and O–H groups in total. The molecular formula is C16H7BrCl2N2O2S. The van der Waals surface area contributed by atoms with E-state index in [1.54, 1.807) is 24.3 Å². The first kappa shape index (κ1) is 17.1. The lowest BCUT2D eigenvalue weighted by Gasteiger charge is -2.09. The normalized spacial score (nSPS) is 10.6. The molecule has 3 rings (SSSR count). The number of nitrogens with one attached hydrogen (secondary N) is 1. The third-order valence-electron chi connectivity index (χ3n) is 3.34. The summed E-state index contributed by atoms with van der Waals surface area (Å²) in [6.07, 6.45) is 0. The number of hydrogen-bond acceptors (Lipinski definition) is 4. The minimum absolute atomic E-state index is 0.000967. The average Bonchev–Trinajstić information content (AvgIpc) is 2.87. The molecule has 0 bridgehead atoms. The highest BCUT2D eigenvalue weighted by Crippen LogP contribution is 2.40. The van der Waals surface area contributed by atoms with Gasteiger partial charge in [-0.05, 0) is 30.3 Å². The fourth-order valence-corrected chi connectivity index (χ4v) is 4.13. The predicted molar refractivity (Wildman–Crippen MR) is 99.9 cm³/mol. The highest BCUT2D eigenvalue weighted by molar-refractivity contribution is 9.10. The van der Waals surface area contributed by atoms with E-state index >= 15 is 0 Å². The Bertz CT molecular complexity index is 1050. The Morgan fingerprint density at radius 3 is 2.54 bits per heavy atom. The van der Waals surface area contributed by atoms with E-state index in [-0.39, 0.29) is 11.3 Å². The van der Waals surface area contributed by atoms with Gasteiger partial charge in [-0.3, -0.25) is 4.79 Å². The van der Waals surface area contributed by atoms with Crippen LogP contribution in [0.25, 0.3) is 22.4 Å². The molecule has 4 nitrogen and oxygen atoms in total. The number of rotatable bonds is 2. The Kier molecular flexibility index (Phi) is 4.70. The molecule has 0 aliphatic heterocycles. The van der Waals surface area contributed by atoms with E-state index in [4.69, 9.17) is 23.2 Å². The molecule has 24 heavy (non-hydrogen) atoms. The Morgan fingerprint density at radius 2 is 1.92 bits per heavy atom. The Morgan fingerprint density at radius 1 is 1.17 bits per heavy atom. The Hall–Kier alpha value is -1.78.